The van der Waals surface area contributed by atoms with Crippen molar-refractivity contribution in [1.82, 2.24) is 0 Å². The molecule has 0 spiro atoms. The minimum absolute atomic E-state index is 0.172. The number of rotatable bonds is 12. The van der Waals surface area contributed by atoms with Crippen molar-refractivity contribution in [2.45, 2.75) is 45.1 Å². The van der Waals surface area contributed by atoms with E-state index in [2.05, 4.69) is 16.9 Å². The van der Waals surface area contributed by atoms with E-state index in [4.69, 9.17) is 9.84 Å². The molecule has 1 N–H and O–H groups in total. The number of unbranched alkanes of at least 4 members (excludes halogenated alkanes) is 1. The first-order chi connectivity index (χ1) is 10.8. The predicted octanol–water partition coefficient (Wildman–Crippen LogP) is 3.33. The lowest BCUT2D eigenvalue weighted by atomic mass is 9.94. The number of carbonyl (C=O) groups is 1. The van der Waals surface area contributed by atoms with Crippen LogP contribution in [0.1, 0.15) is 44.1 Å². The Kier molecular flexibility index (Phi) is 10.3. The number of esters is 1. The zero-order valence-electron chi connectivity index (χ0n) is 13.5. The SMILES string of the molecule is COC(=O)CC[C@H](CCO)CCCCOCc1ccccc1. The van der Waals surface area contributed by atoms with Crippen molar-refractivity contribution in [1.29, 1.82) is 0 Å². The van der Waals surface area contributed by atoms with Gasteiger partial charge >= 0.3 is 5.97 Å². The molecule has 0 aliphatic carbocycles. The Hall–Kier alpha value is -1.39. The van der Waals surface area contributed by atoms with E-state index in [0.717, 1.165) is 38.7 Å². The number of benzene rings is 1. The van der Waals surface area contributed by atoms with Crippen LogP contribution in [0.3, 0.4) is 0 Å². The molecule has 0 aliphatic heterocycles. The second kappa shape index (κ2) is 12.2. The van der Waals surface area contributed by atoms with Crippen LogP contribution in [-0.4, -0.2) is 31.4 Å². The Morgan fingerprint density at radius 1 is 1.14 bits per heavy atom. The van der Waals surface area contributed by atoms with Crippen LogP contribution < -0.4 is 0 Å². The van der Waals surface area contributed by atoms with Crippen molar-refractivity contribution in [3.63, 3.8) is 0 Å². The molecule has 0 bridgehead atoms. The predicted molar refractivity (Wildman–Crippen MR) is 86.4 cm³/mol. The van der Waals surface area contributed by atoms with Crippen molar-refractivity contribution in [3.05, 3.63) is 35.9 Å². The topological polar surface area (TPSA) is 55.8 Å². The molecule has 22 heavy (non-hydrogen) atoms. The Morgan fingerprint density at radius 2 is 1.91 bits per heavy atom. The Bertz CT molecular complexity index is 391. The molecule has 1 aromatic rings. The fourth-order valence-corrected chi connectivity index (χ4v) is 2.44. The molecule has 0 aliphatic rings. The van der Waals surface area contributed by atoms with Crippen LogP contribution in [0, 0.1) is 5.92 Å². The monoisotopic (exact) mass is 308 g/mol. The van der Waals surface area contributed by atoms with Crippen molar-refractivity contribution >= 4 is 5.97 Å². The van der Waals surface area contributed by atoms with Gasteiger partial charge in [0.05, 0.1) is 13.7 Å². The molecular formula is C18H28O4. The lowest BCUT2D eigenvalue weighted by Gasteiger charge is -2.15. The van der Waals surface area contributed by atoms with E-state index in [-0.39, 0.29) is 12.6 Å². The molecule has 0 heterocycles. The van der Waals surface area contributed by atoms with Crippen LogP contribution in [0.5, 0.6) is 0 Å². The van der Waals surface area contributed by atoms with Crippen molar-refractivity contribution in [3.8, 4) is 0 Å². The third-order valence-electron chi connectivity index (χ3n) is 3.78. The molecule has 124 valence electrons. The van der Waals surface area contributed by atoms with E-state index >= 15 is 0 Å². The number of ether oxygens (including phenoxy) is 2. The van der Waals surface area contributed by atoms with E-state index in [1.54, 1.807) is 0 Å². The van der Waals surface area contributed by atoms with Gasteiger partial charge in [0, 0.05) is 19.6 Å². The minimum Gasteiger partial charge on any atom is -0.469 e. The molecule has 1 atom stereocenters. The average Bonchev–Trinajstić information content (AvgIpc) is 2.56. The van der Waals surface area contributed by atoms with E-state index in [0.29, 0.717) is 18.9 Å². The summed E-state index contributed by atoms with van der Waals surface area (Å²) in [6, 6.07) is 10.1. The summed E-state index contributed by atoms with van der Waals surface area (Å²) in [5.41, 5.74) is 1.19. The summed E-state index contributed by atoms with van der Waals surface area (Å²) in [4.78, 5) is 11.2. The molecule has 0 unspecified atom stereocenters. The number of carbonyl (C=O) groups excluding carboxylic acids is 1. The molecule has 1 aromatic carbocycles. The Morgan fingerprint density at radius 3 is 2.59 bits per heavy atom. The number of aliphatic hydroxyl groups excluding tert-OH is 1. The third-order valence-corrected chi connectivity index (χ3v) is 3.78. The second-order valence-electron chi connectivity index (χ2n) is 5.53. The summed E-state index contributed by atoms with van der Waals surface area (Å²) in [7, 11) is 1.41. The lowest BCUT2D eigenvalue weighted by Crippen LogP contribution is -2.08. The number of hydrogen-bond donors (Lipinski definition) is 1. The summed E-state index contributed by atoms with van der Waals surface area (Å²) in [6.45, 7) is 1.58. The molecule has 4 nitrogen and oxygen atoms in total. The Balaban J connectivity index is 2.08. The number of aliphatic hydroxyl groups is 1. The molecule has 0 fully saturated rings. The highest BCUT2D eigenvalue weighted by atomic mass is 16.5. The summed E-state index contributed by atoms with van der Waals surface area (Å²) < 4.78 is 10.3. The highest BCUT2D eigenvalue weighted by molar-refractivity contribution is 5.69. The van der Waals surface area contributed by atoms with E-state index in [1.807, 2.05) is 18.2 Å². The van der Waals surface area contributed by atoms with E-state index in [9.17, 15) is 4.79 Å². The van der Waals surface area contributed by atoms with Crippen LogP contribution in [0.15, 0.2) is 30.3 Å². The minimum atomic E-state index is -0.172. The van der Waals surface area contributed by atoms with Gasteiger partial charge in [0.1, 0.15) is 0 Å². The van der Waals surface area contributed by atoms with E-state index < -0.39 is 0 Å². The average molecular weight is 308 g/mol. The van der Waals surface area contributed by atoms with Gasteiger partial charge in [0.2, 0.25) is 0 Å². The van der Waals surface area contributed by atoms with Gasteiger partial charge in [-0.1, -0.05) is 43.2 Å². The van der Waals surface area contributed by atoms with Gasteiger partial charge in [-0.3, -0.25) is 4.79 Å². The summed E-state index contributed by atoms with van der Waals surface area (Å²) in [6.07, 6.45) is 5.06. The maximum Gasteiger partial charge on any atom is 0.305 e. The molecule has 0 radical (unpaired) electrons. The summed E-state index contributed by atoms with van der Waals surface area (Å²) >= 11 is 0. The van der Waals surface area contributed by atoms with Gasteiger partial charge in [-0.15, -0.1) is 0 Å². The van der Waals surface area contributed by atoms with Crippen LogP contribution in [0.4, 0.5) is 0 Å². The molecule has 1 rings (SSSR count). The van der Waals surface area contributed by atoms with Gasteiger partial charge in [0.15, 0.2) is 0 Å². The first kappa shape index (κ1) is 18.7. The van der Waals surface area contributed by atoms with Crippen LogP contribution >= 0.6 is 0 Å². The molecule has 0 amide bonds. The summed E-state index contributed by atoms with van der Waals surface area (Å²) in [5, 5.41) is 9.09. The largest absolute Gasteiger partial charge is 0.469 e. The highest BCUT2D eigenvalue weighted by Gasteiger charge is 2.11. The first-order valence-electron chi connectivity index (χ1n) is 8.05. The van der Waals surface area contributed by atoms with Crippen LogP contribution in [0.25, 0.3) is 0 Å². The molecule has 0 aromatic heterocycles. The smallest absolute Gasteiger partial charge is 0.305 e. The van der Waals surface area contributed by atoms with Crippen molar-refractivity contribution in [2.75, 3.05) is 20.3 Å². The quantitative estimate of drug-likeness (QED) is 0.475. The Labute approximate surface area is 133 Å². The van der Waals surface area contributed by atoms with Crippen LogP contribution in [0.2, 0.25) is 0 Å². The summed E-state index contributed by atoms with van der Waals surface area (Å²) in [5.74, 6) is 0.215. The van der Waals surface area contributed by atoms with Gasteiger partial charge in [-0.2, -0.15) is 0 Å². The van der Waals surface area contributed by atoms with Crippen molar-refractivity contribution in [2.24, 2.45) is 5.92 Å². The zero-order valence-corrected chi connectivity index (χ0v) is 13.5. The van der Waals surface area contributed by atoms with Gasteiger partial charge in [-0.05, 0) is 30.7 Å². The first-order valence-corrected chi connectivity index (χ1v) is 8.05. The fourth-order valence-electron chi connectivity index (χ4n) is 2.44. The third kappa shape index (κ3) is 8.80. The van der Waals surface area contributed by atoms with Crippen LogP contribution in [-0.2, 0) is 20.9 Å². The van der Waals surface area contributed by atoms with Gasteiger partial charge < -0.3 is 14.6 Å². The normalized spacial score (nSPS) is 12.1. The number of hydrogen-bond acceptors (Lipinski definition) is 4. The van der Waals surface area contributed by atoms with E-state index in [1.165, 1.54) is 12.7 Å². The maximum absolute atomic E-state index is 11.2. The fraction of sp³-hybridized carbons (Fsp3) is 0.611. The molecule has 0 saturated carbocycles. The molecule has 4 heteroatoms. The lowest BCUT2D eigenvalue weighted by molar-refractivity contribution is -0.141. The molecular weight excluding hydrogens is 280 g/mol. The van der Waals surface area contributed by atoms with Gasteiger partial charge in [-0.25, -0.2) is 0 Å². The van der Waals surface area contributed by atoms with Crippen molar-refractivity contribution < 1.29 is 19.4 Å². The second-order valence-corrected chi connectivity index (χ2v) is 5.53. The standard InChI is InChI=1S/C18H28O4/c1-21-18(20)11-10-16(12-13-19)7-5-6-14-22-15-17-8-3-2-4-9-17/h2-4,8-9,16,19H,5-7,10-15H2,1H3/t16-/m1/s1. The number of methoxy groups -OCH3 is 1. The maximum atomic E-state index is 11.2. The zero-order chi connectivity index (χ0) is 16.0. The highest BCUT2D eigenvalue weighted by Crippen LogP contribution is 2.19. The molecule has 0 saturated heterocycles. The van der Waals surface area contributed by atoms with Gasteiger partial charge in [0.25, 0.3) is 0 Å².